The van der Waals surface area contributed by atoms with E-state index >= 15 is 0 Å². The number of amides is 1. The van der Waals surface area contributed by atoms with Gasteiger partial charge in [-0.25, -0.2) is 9.18 Å². The van der Waals surface area contributed by atoms with Crippen molar-refractivity contribution in [2.45, 2.75) is 44.0 Å². The molecule has 29 heavy (non-hydrogen) atoms. The lowest BCUT2D eigenvalue weighted by Crippen LogP contribution is -2.43. The molecular formula is C23H26FNO3S. The van der Waals surface area contributed by atoms with E-state index in [1.54, 1.807) is 17.0 Å². The number of halogens is 1. The Morgan fingerprint density at radius 3 is 2.41 bits per heavy atom. The van der Waals surface area contributed by atoms with Gasteiger partial charge in [0.15, 0.2) is 0 Å². The van der Waals surface area contributed by atoms with Gasteiger partial charge in [0.05, 0.1) is 7.11 Å². The van der Waals surface area contributed by atoms with Crippen LogP contribution in [0.1, 0.15) is 53.0 Å². The van der Waals surface area contributed by atoms with Gasteiger partial charge >= 0.3 is 5.97 Å². The molecular weight excluding hydrogens is 389 g/mol. The molecule has 2 unspecified atom stereocenters. The fourth-order valence-electron chi connectivity index (χ4n) is 3.50. The molecule has 1 fully saturated rings. The van der Waals surface area contributed by atoms with Gasteiger partial charge in [-0.1, -0.05) is 44.0 Å². The van der Waals surface area contributed by atoms with Crippen LogP contribution in [-0.2, 0) is 16.0 Å². The van der Waals surface area contributed by atoms with Crippen molar-refractivity contribution < 1.29 is 18.7 Å². The van der Waals surface area contributed by atoms with E-state index in [1.807, 2.05) is 24.3 Å². The summed E-state index contributed by atoms with van der Waals surface area (Å²) in [6.45, 7) is 2.17. The molecule has 0 N–H and O–H groups in total. The first kappa shape index (κ1) is 21.4. The van der Waals surface area contributed by atoms with Crippen LogP contribution >= 0.6 is 11.8 Å². The Balaban J connectivity index is 1.84. The first-order chi connectivity index (χ1) is 14.0. The lowest BCUT2D eigenvalue weighted by atomic mass is 10.0. The molecule has 0 bridgehead atoms. The van der Waals surface area contributed by atoms with Crippen molar-refractivity contribution in [3.05, 3.63) is 71.0 Å². The van der Waals surface area contributed by atoms with E-state index in [0.29, 0.717) is 11.3 Å². The molecule has 1 aliphatic heterocycles. The molecule has 154 valence electrons. The van der Waals surface area contributed by atoms with Gasteiger partial charge in [-0.05, 0) is 48.2 Å². The van der Waals surface area contributed by atoms with Gasteiger partial charge in [0.25, 0.3) is 5.91 Å². The number of unbranched alkanes of at least 4 members (excludes halogenated alkanes) is 2. The van der Waals surface area contributed by atoms with Crippen LogP contribution in [0, 0.1) is 5.82 Å². The molecule has 2 atom stereocenters. The molecule has 4 nitrogen and oxygen atoms in total. The third kappa shape index (κ3) is 4.99. The van der Waals surface area contributed by atoms with Crippen molar-refractivity contribution >= 4 is 23.6 Å². The zero-order chi connectivity index (χ0) is 20.8. The van der Waals surface area contributed by atoms with Gasteiger partial charge in [-0.15, -0.1) is 11.8 Å². The van der Waals surface area contributed by atoms with Crippen molar-refractivity contribution in [2.24, 2.45) is 0 Å². The van der Waals surface area contributed by atoms with E-state index in [4.69, 9.17) is 4.74 Å². The van der Waals surface area contributed by atoms with E-state index in [0.717, 1.165) is 18.4 Å². The van der Waals surface area contributed by atoms with Crippen molar-refractivity contribution in [3.63, 3.8) is 0 Å². The number of esters is 1. The van der Waals surface area contributed by atoms with Crippen molar-refractivity contribution in [1.82, 2.24) is 4.90 Å². The predicted octanol–water partition coefficient (Wildman–Crippen LogP) is 4.99. The highest BCUT2D eigenvalue weighted by Gasteiger charge is 2.43. The average Bonchev–Trinajstić information content (AvgIpc) is 3.19. The molecule has 2 aromatic rings. The monoisotopic (exact) mass is 415 g/mol. The molecule has 0 spiro atoms. The van der Waals surface area contributed by atoms with Crippen LogP contribution < -0.4 is 0 Å². The molecule has 1 aliphatic rings. The number of rotatable bonds is 7. The fraction of sp³-hybridized carbons (Fsp3) is 0.391. The van der Waals surface area contributed by atoms with Crippen molar-refractivity contribution in [3.8, 4) is 0 Å². The topological polar surface area (TPSA) is 46.6 Å². The number of carbonyl (C=O) groups excluding carboxylic acids is 2. The summed E-state index contributed by atoms with van der Waals surface area (Å²) < 4.78 is 18.3. The van der Waals surface area contributed by atoms with E-state index in [1.165, 1.54) is 49.4 Å². The summed E-state index contributed by atoms with van der Waals surface area (Å²) in [5.41, 5.74) is 2.52. The fourth-order valence-corrected chi connectivity index (χ4v) is 4.91. The van der Waals surface area contributed by atoms with Crippen LogP contribution in [0.25, 0.3) is 0 Å². The SMILES string of the molecule is CCCCCc1ccc(C(=O)N2C(C(=O)OC)CSC2c2ccc(F)cc2)cc1. The minimum atomic E-state index is -0.670. The van der Waals surface area contributed by atoms with E-state index in [-0.39, 0.29) is 17.1 Å². The Kier molecular flexibility index (Phi) is 7.31. The Bertz CT molecular complexity index is 838. The van der Waals surface area contributed by atoms with Crippen LogP contribution in [0.2, 0.25) is 0 Å². The van der Waals surface area contributed by atoms with Gasteiger partial charge in [0, 0.05) is 11.3 Å². The first-order valence-electron chi connectivity index (χ1n) is 9.91. The quantitative estimate of drug-likeness (QED) is 0.472. The minimum Gasteiger partial charge on any atom is -0.467 e. The second-order valence-electron chi connectivity index (χ2n) is 7.14. The number of carbonyl (C=O) groups is 2. The van der Waals surface area contributed by atoms with Gasteiger partial charge in [-0.3, -0.25) is 4.79 Å². The maximum atomic E-state index is 13.3. The molecule has 6 heteroatoms. The summed E-state index contributed by atoms with van der Waals surface area (Å²) in [6.07, 6.45) is 4.48. The van der Waals surface area contributed by atoms with Crippen molar-refractivity contribution in [2.75, 3.05) is 12.9 Å². The summed E-state index contributed by atoms with van der Waals surface area (Å²) in [5.74, 6) is -0.556. The lowest BCUT2D eigenvalue weighted by Gasteiger charge is -2.28. The zero-order valence-electron chi connectivity index (χ0n) is 16.8. The van der Waals surface area contributed by atoms with Gasteiger partial charge in [0.1, 0.15) is 17.2 Å². The van der Waals surface area contributed by atoms with Crippen LogP contribution in [-0.4, -0.2) is 35.7 Å². The molecule has 0 saturated carbocycles. The number of methoxy groups -OCH3 is 1. The molecule has 1 amide bonds. The largest absolute Gasteiger partial charge is 0.467 e. The maximum Gasteiger partial charge on any atom is 0.329 e. The Morgan fingerprint density at radius 1 is 1.10 bits per heavy atom. The number of ether oxygens (including phenoxy) is 1. The summed E-state index contributed by atoms with van der Waals surface area (Å²) in [5, 5.41) is -0.364. The third-order valence-corrected chi connectivity index (χ3v) is 6.46. The second kappa shape index (κ2) is 9.92. The van der Waals surface area contributed by atoms with E-state index in [9.17, 15) is 14.0 Å². The number of aryl methyl sites for hydroxylation is 1. The van der Waals surface area contributed by atoms with Crippen LogP contribution in [0.3, 0.4) is 0 Å². The Labute approximate surface area is 175 Å². The molecule has 3 rings (SSSR count). The number of nitrogens with zero attached hydrogens (tertiary/aromatic N) is 1. The number of thioether (sulfide) groups is 1. The molecule has 0 aliphatic carbocycles. The minimum absolute atomic E-state index is 0.222. The summed E-state index contributed by atoms with van der Waals surface area (Å²) in [7, 11) is 1.33. The van der Waals surface area contributed by atoms with E-state index in [2.05, 4.69) is 6.92 Å². The second-order valence-corrected chi connectivity index (χ2v) is 8.26. The highest BCUT2D eigenvalue weighted by Crippen LogP contribution is 2.42. The Morgan fingerprint density at radius 2 is 1.79 bits per heavy atom. The maximum absolute atomic E-state index is 13.3. The number of benzene rings is 2. The number of hydrogen-bond acceptors (Lipinski definition) is 4. The van der Waals surface area contributed by atoms with Crippen molar-refractivity contribution in [1.29, 1.82) is 0 Å². The van der Waals surface area contributed by atoms with Gasteiger partial charge in [0.2, 0.25) is 0 Å². The lowest BCUT2D eigenvalue weighted by molar-refractivity contribution is -0.145. The van der Waals surface area contributed by atoms with Crippen LogP contribution in [0.4, 0.5) is 4.39 Å². The molecule has 1 heterocycles. The molecule has 0 radical (unpaired) electrons. The highest BCUT2D eigenvalue weighted by molar-refractivity contribution is 7.99. The molecule has 1 saturated heterocycles. The van der Waals surface area contributed by atoms with Gasteiger partial charge < -0.3 is 9.64 Å². The van der Waals surface area contributed by atoms with Crippen LogP contribution in [0.15, 0.2) is 48.5 Å². The predicted molar refractivity (Wildman–Crippen MR) is 113 cm³/mol. The average molecular weight is 416 g/mol. The zero-order valence-corrected chi connectivity index (χ0v) is 17.6. The summed E-state index contributed by atoms with van der Waals surface area (Å²) in [6, 6.07) is 13.0. The summed E-state index contributed by atoms with van der Waals surface area (Å²) in [4.78, 5) is 27.2. The molecule has 2 aromatic carbocycles. The standard InChI is InChI=1S/C23H26FNO3S/c1-3-4-5-6-16-7-9-17(10-8-16)21(26)25-20(23(27)28-2)15-29-22(25)18-11-13-19(24)14-12-18/h7-14,20,22H,3-6,15H2,1-2H3. The Hall–Kier alpha value is -2.34. The van der Waals surface area contributed by atoms with Crippen LogP contribution in [0.5, 0.6) is 0 Å². The van der Waals surface area contributed by atoms with Gasteiger partial charge in [-0.2, -0.15) is 0 Å². The smallest absolute Gasteiger partial charge is 0.329 e. The normalized spacial score (nSPS) is 18.7. The summed E-state index contributed by atoms with van der Waals surface area (Å²) >= 11 is 1.48. The first-order valence-corrected chi connectivity index (χ1v) is 11.0. The highest BCUT2D eigenvalue weighted by atomic mass is 32.2. The number of hydrogen-bond donors (Lipinski definition) is 0. The molecule has 0 aromatic heterocycles. The third-order valence-electron chi connectivity index (χ3n) is 5.13. The van der Waals surface area contributed by atoms with E-state index < -0.39 is 12.0 Å².